The summed E-state index contributed by atoms with van der Waals surface area (Å²) < 4.78 is 39.7. The number of hydrogen-bond acceptors (Lipinski definition) is 8. The van der Waals surface area contributed by atoms with Gasteiger partial charge in [-0.3, -0.25) is 9.52 Å². The Morgan fingerprint density at radius 2 is 1.67 bits per heavy atom. The number of aromatic nitrogens is 3. The van der Waals surface area contributed by atoms with Gasteiger partial charge < -0.3 is 9.47 Å². The van der Waals surface area contributed by atoms with Crippen LogP contribution in [0.1, 0.15) is 32.6 Å². The second-order valence-electron chi connectivity index (χ2n) is 9.05. The predicted molar refractivity (Wildman–Crippen MR) is 157 cm³/mol. The van der Waals surface area contributed by atoms with Gasteiger partial charge in [-0.1, -0.05) is 30.0 Å². The number of benzene rings is 3. The van der Waals surface area contributed by atoms with E-state index in [2.05, 4.69) is 26.6 Å². The van der Waals surface area contributed by atoms with E-state index in [1.165, 1.54) is 24.1 Å². The Hall–Kier alpha value is -5.65. The van der Waals surface area contributed by atoms with Crippen LogP contribution in [0.5, 0.6) is 11.6 Å². The summed E-state index contributed by atoms with van der Waals surface area (Å²) >= 11 is 0. The number of fused-ring (bicyclic) bond motifs is 1. The average molecular weight is 578 g/mol. The Balaban J connectivity index is 1.37. The van der Waals surface area contributed by atoms with Gasteiger partial charge >= 0.3 is 0 Å². The fourth-order valence-corrected chi connectivity index (χ4v) is 5.34. The predicted octanol–water partition coefficient (Wildman–Crippen LogP) is 4.35. The fourth-order valence-electron chi connectivity index (χ4n) is 4.16. The number of hydrogen-bond donors (Lipinski definition) is 1. The quantitative estimate of drug-likeness (QED) is 0.282. The van der Waals surface area contributed by atoms with Gasteiger partial charge in [0.2, 0.25) is 15.9 Å². The molecule has 3 aromatic carbocycles. The minimum atomic E-state index is -3.73. The summed E-state index contributed by atoms with van der Waals surface area (Å²) in [4.78, 5) is 17.5. The zero-order valence-corrected chi connectivity index (χ0v) is 23.3. The van der Waals surface area contributed by atoms with Crippen molar-refractivity contribution in [3.05, 3.63) is 113 Å². The molecule has 0 aliphatic rings. The molecule has 0 bridgehead atoms. The van der Waals surface area contributed by atoms with Crippen molar-refractivity contribution >= 4 is 32.7 Å². The molecule has 5 aromatic rings. The molecule has 2 heterocycles. The van der Waals surface area contributed by atoms with Crippen molar-refractivity contribution in [3.63, 3.8) is 0 Å². The molecule has 0 radical (unpaired) electrons. The molecular weight excluding hydrogens is 554 g/mol. The molecule has 0 aliphatic heterocycles. The van der Waals surface area contributed by atoms with Crippen molar-refractivity contribution in [2.75, 3.05) is 18.9 Å². The first-order chi connectivity index (χ1) is 20.3. The highest BCUT2D eigenvalue weighted by atomic mass is 32.2. The maximum atomic E-state index is 13.1. The van der Waals surface area contributed by atoms with E-state index >= 15 is 0 Å². The number of methoxy groups -OCH3 is 2. The lowest BCUT2D eigenvalue weighted by molar-refractivity contribution is 0.0948. The molecule has 1 N–H and O–H groups in total. The highest BCUT2D eigenvalue weighted by Crippen LogP contribution is 2.25. The second-order valence-corrected chi connectivity index (χ2v) is 10.8. The average Bonchev–Trinajstić information content (AvgIpc) is 3.37. The number of ether oxygens (including phenoxy) is 2. The molecule has 11 heteroatoms. The monoisotopic (exact) mass is 577 g/mol. The Kier molecular flexibility index (Phi) is 7.87. The summed E-state index contributed by atoms with van der Waals surface area (Å²) in [6, 6.07) is 23.5. The minimum absolute atomic E-state index is 0.225. The fraction of sp³-hybridized carbons (Fsp3) is 0.0968. The zero-order valence-electron chi connectivity index (χ0n) is 22.5. The third-order valence-electron chi connectivity index (χ3n) is 6.11. The number of sulfonamides is 1. The van der Waals surface area contributed by atoms with E-state index in [1.54, 1.807) is 79.9 Å². The number of anilines is 1. The lowest BCUT2D eigenvalue weighted by atomic mass is 10.1. The highest BCUT2D eigenvalue weighted by molar-refractivity contribution is 7.91. The Labute approximate surface area is 242 Å². The summed E-state index contributed by atoms with van der Waals surface area (Å²) in [7, 11) is -0.728. The van der Waals surface area contributed by atoms with Gasteiger partial charge in [0, 0.05) is 28.6 Å². The maximum absolute atomic E-state index is 13.1. The van der Waals surface area contributed by atoms with Crippen molar-refractivity contribution in [1.29, 1.82) is 5.26 Å². The van der Waals surface area contributed by atoms with Crippen LogP contribution in [-0.4, -0.2) is 43.3 Å². The van der Waals surface area contributed by atoms with Gasteiger partial charge in [-0.25, -0.2) is 13.4 Å². The number of carbonyl (C=O) groups is 1. The van der Waals surface area contributed by atoms with Crippen LogP contribution in [0.2, 0.25) is 0 Å². The van der Waals surface area contributed by atoms with Gasteiger partial charge in [-0.05, 0) is 66.2 Å². The van der Waals surface area contributed by atoms with Crippen molar-refractivity contribution in [1.82, 2.24) is 14.8 Å². The molecule has 0 fully saturated rings. The Bertz CT molecular complexity index is 2020. The molecule has 0 amide bonds. The molecule has 5 rings (SSSR count). The highest BCUT2D eigenvalue weighted by Gasteiger charge is 2.19. The van der Waals surface area contributed by atoms with E-state index in [-0.39, 0.29) is 17.5 Å². The molecule has 42 heavy (non-hydrogen) atoms. The lowest BCUT2D eigenvalue weighted by Crippen LogP contribution is -2.15. The number of pyridine rings is 1. The van der Waals surface area contributed by atoms with Crippen LogP contribution in [-0.2, 0) is 15.8 Å². The van der Waals surface area contributed by atoms with E-state index in [1.807, 2.05) is 6.07 Å². The van der Waals surface area contributed by atoms with Crippen molar-refractivity contribution < 1.29 is 22.7 Å². The van der Waals surface area contributed by atoms with Crippen LogP contribution in [0, 0.1) is 23.2 Å². The standard InChI is InChI=1S/C31H23N5O5S/c1-40-27-13-11-25(12-14-27)31(37)36-29-28(30(34-36)41-2)17-23(19-33-29)10-9-21-5-3-7-24(15-21)20-42(38,39)35-26-8-4-6-22(16-26)18-32/h3-8,11-17,19,35H,20H2,1-2H3. The molecule has 0 spiro atoms. The summed E-state index contributed by atoms with van der Waals surface area (Å²) in [5.74, 6) is 6.26. The van der Waals surface area contributed by atoms with E-state index < -0.39 is 10.0 Å². The first-order valence-corrected chi connectivity index (χ1v) is 14.2. The zero-order chi connectivity index (χ0) is 29.7. The SMILES string of the molecule is COc1ccc(C(=O)n2nc(OC)c3cc(C#Cc4cccc(CS(=O)(=O)Nc5cccc(C#N)c5)c4)cnc32)cc1. The van der Waals surface area contributed by atoms with Gasteiger partial charge in [-0.15, -0.1) is 5.10 Å². The van der Waals surface area contributed by atoms with Crippen LogP contribution in [0.15, 0.2) is 85.1 Å². The summed E-state index contributed by atoms with van der Waals surface area (Å²) in [5.41, 5.74) is 3.09. The number of carbonyl (C=O) groups excluding carboxylic acids is 1. The van der Waals surface area contributed by atoms with E-state index in [4.69, 9.17) is 14.7 Å². The summed E-state index contributed by atoms with van der Waals surface area (Å²) in [6.07, 6.45) is 1.53. The number of nitrogens with one attached hydrogen (secondary N) is 1. The summed E-state index contributed by atoms with van der Waals surface area (Å²) in [5, 5.41) is 13.9. The number of nitriles is 1. The molecule has 208 valence electrons. The van der Waals surface area contributed by atoms with Gasteiger partial charge in [0.15, 0.2) is 5.65 Å². The van der Waals surface area contributed by atoms with Crippen molar-refractivity contribution in [2.24, 2.45) is 0 Å². The van der Waals surface area contributed by atoms with Gasteiger partial charge in [-0.2, -0.15) is 9.94 Å². The minimum Gasteiger partial charge on any atom is -0.497 e. The molecule has 0 saturated heterocycles. The molecule has 0 aliphatic carbocycles. The lowest BCUT2D eigenvalue weighted by Gasteiger charge is -2.08. The van der Waals surface area contributed by atoms with Crippen LogP contribution in [0.25, 0.3) is 11.0 Å². The molecule has 0 unspecified atom stereocenters. The third kappa shape index (κ3) is 6.22. The molecule has 0 saturated carbocycles. The van der Waals surface area contributed by atoms with Crippen LogP contribution < -0.4 is 14.2 Å². The first kappa shape index (κ1) is 27.9. The summed E-state index contributed by atoms with van der Waals surface area (Å²) in [6.45, 7) is 0. The van der Waals surface area contributed by atoms with Crippen molar-refractivity contribution in [2.45, 2.75) is 5.75 Å². The molecular formula is C31H23N5O5S. The van der Waals surface area contributed by atoms with E-state index in [0.717, 1.165) is 0 Å². The van der Waals surface area contributed by atoms with E-state index in [9.17, 15) is 13.2 Å². The Morgan fingerprint density at radius 1 is 0.929 bits per heavy atom. The normalized spacial score (nSPS) is 10.8. The maximum Gasteiger partial charge on any atom is 0.280 e. The van der Waals surface area contributed by atoms with Crippen LogP contribution in [0.3, 0.4) is 0 Å². The van der Waals surface area contributed by atoms with Crippen molar-refractivity contribution in [3.8, 4) is 29.5 Å². The smallest absolute Gasteiger partial charge is 0.280 e. The Morgan fingerprint density at radius 3 is 2.40 bits per heavy atom. The second kappa shape index (κ2) is 11.8. The number of nitrogens with zero attached hydrogens (tertiary/aromatic N) is 4. The van der Waals surface area contributed by atoms with E-state index in [0.29, 0.717) is 50.3 Å². The van der Waals surface area contributed by atoms with Gasteiger partial charge in [0.25, 0.3) is 5.91 Å². The molecule has 10 nitrogen and oxygen atoms in total. The van der Waals surface area contributed by atoms with Crippen LogP contribution >= 0.6 is 0 Å². The number of rotatable bonds is 7. The van der Waals surface area contributed by atoms with Gasteiger partial charge in [0.05, 0.1) is 37.0 Å². The molecule has 0 atom stereocenters. The van der Waals surface area contributed by atoms with Crippen LogP contribution in [0.4, 0.5) is 5.69 Å². The van der Waals surface area contributed by atoms with Gasteiger partial charge in [0.1, 0.15) is 5.75 Å². The topological polar surface area (TPSA) is 136 Å². The third-order valence-corrected chi connectivity index (χ3v) is 7.37. The molecule has 2 aromatic heterocycles. The largest absolute Gasteiger partial charge is 0.497 e. The first-order valence-electron chi connectivity index (χ1n) is 12.5.